The fraction of sp³-hybridized carbons (Fsp3) is 0.250. The molecular formula is C20H22N6O3. The maximum absolute atomic E-state index is 11.9. The van der Waals surface area contributed by atoms with Crippen LogP contribution in [0.4, 0.5) is 16.4 Å². The summed E-state index contributed by atoms with van der Waals surface area (Å²) in [6.07, 6.45) is 2.72. The second-order valence-electron chi connectivity index (χ2n) is 6.56. The van der Waals surface area contributed by atoms with Crippen LogP contribution >= 0.6 is 0 Å². The first-order valence-electron chi connectivity index (χ1n) is 9.35. The smallest absolute Gasteiger partial charge is 0.321 e. The maximum atomic E-state index is 11.9. The van der Waals surface area contributed by atoms with E-state index in [0.717, 1.165) is 35.3 Å². The third-order valence-electron chi connectivity index (χ3n) is 4.62. The van der Waals surface area contributed by atoms with E-state index < -0.39 is 0 Å². The van der Waals surface area contributed by atoms with Crippen LogP contribution in [-0.2, 0) is 0 Å². The first-order chi connectivity index (χ1) is 14.1. The van der Waals surface area contributed by atoms with Crippen molar-refractivity contribution in [2.75, 3.05) is 30.5 Å². The Bertz CT molecular complexity index is 1090. The van der Waals surface area contributed by atoms with Crippen molar-refractivity contribution in [2.45, 2.75) is 13.3 Å². The lowest BCUT2D eigenvalue weighted by molar-refractivity contribution is 0.252. The molecule has 4 rings (SSSR count). The summed E-state index contributed by atoms with van der Waals surface area (Å²) >= 11 is 0. The Morgan fingerprint density at radius 3 is 2.86 bits per heavy atom. The van der Waals surface area contributed by atoms with Gasteiger partial charge in [-0.3, -0.25) is 10.3 Å². The number of nitrogens with one attached hydrogen (secondary N) is 3. The van der Waals surface area contributed by atoms with E-state index in [-0.39, 0.29) is 11.8 Å². The molecule has 0 atom stereocenters. The van der Waals surface area contributed by atoms with Crippen molar-refractivity contribution in [3.63, 3.8) is 0 Å². The zero-order chi connectivity index (χ0) is 20.4. The number of aromatic nitrogens is 2. The average molecular weight is 394 g/mol. The van der Waals surface area contributed by atoms with Crippen molar-refractivity contribution in [3.8, 4) is 22.6 Å². The summed E-state index contributed by atoms with van der Waals surface area (Å²) in [5.74, 6) is 0.823. The van der Waals surface area contributed by atoms with Crippen LogP contribution in [0.1, 0.15) is 13.3 Å². The van der Waals surface area contributed by atoms with E-state index in [0.29, 0.717) is 23.8 Å². The first-order valence-corrected chi connectivity index (χ1v) is 9.35. The van der Waals surface area contributed by atoms with E-state index in [4.69, 9.17) is 4.74 Å². The number of aromatic hydroxyl groups is 1. The molecule has 0 spiro atoms. The molecule has 0 aliphatic carbocycles. The third-order valence-corrected chi connectivity index (χ3v) is 4.62. The molecule has 2 aromatic carbocycles. The summed E-state index contributed by atoms with van der Waals surface area (Å²) in [6, 6.07) is 8.80. The van der Waals surface area contributed by atoms with Crippen molar-refractivity contribution < 1.29 is 14.6 Å². The highest BCUT2D eigenvalue weighted by Crippen LogP contribution is 2.37. The van der Waals surface area contributed by atoms with Gasteiger partial charge in [0.15, 0.2) is 11.5 Å². The fourth-order valence-electron chi connectivity index (χ4n) is 3.28. The molecule has 150 valence electrons. The van der Waals surface area contributed by atoms with E-state index in [9.17, 15) is 9.90 Å². The lowest BCUT2D eigenvalue weighted by atomic mass is 10.0. The Labute approximate surface area is 167 Å². The van der Waals surface area contributed by atoms with Gasteiger partial charge in [-0.1, -0.05) is 6.07 Å². The second-order valence-corrected chi connectivity index (χ2v) is 6.56. The zero-order valence-electron chi connectivity index (χ0n) is 16.2. The summed E-state index contributed by atoms with van der Waals surface area (Å²) in [5.41, 5.74) is 3.98. The summed E-state index contributed by atoms with van der Waals surface area (Å²) in [5, 5.41) is 21.9. The minimum absolute atomic E-state index is 0.0615. The van der Waals surface area contributed by atoms with Gasteiger partial charge in [0.1, 0.15) is 0 Å². The van der Waals surface area contributed by atoms with Crippen molar-refractivity contribution in [2.24, 2.45) is 5.10 Å². The van der Waals surface area contributed by atoms with Crippen molar-refractivity contribution in [3.05, 3.63) is 30.3 Å². The Hall–Kier alpha value is -3.75. The van der Waals surface area contributed by atoms with Gasteiger partial charge in [-0.05, 0) is 42.3 Å². The highest BCUT2D eigenvalue weighted by molar-refractivity contribution is 5.97. The van der Waals surface area contributed by atoms with Crippen molar-refractivity contribution in [1.29, 1.82) is 0 Å². The average Bonchev–Trinajstić information content (AvgIpc) is 3.36. The normalized spacial score (nSPS) is 13.1. The van der Waals surface area contributed by atoms with Crippen LogP contribution < -0.4 is 20.4 Å². The Morgan fingerprint density at radius 1 is 1.31 bits per heavy atom. The molecule has 1 aromatic heterocycles. The lowest BCUT2D eigenvalue weighted by Crippen LogP contribution is -2.28. The van der Waals surface area contributed by atoms with Gasteiger partial charge in [-0.15, -0.1) is 0 Å². The number of nitrogens with zero attached hydrogens (tertiary/aromatic N) is 3. The topological polar surface area (TPSA) is 115 Å². The van der Waals surface area contributed by atoms with Gasteiger partial charge in [-0.25, -0.2) is 9.78 Å². The number of imidazole rings is 1. The van der Waals surface area contributed by atoms with Crippen LogP contribution in [-0.4, -0.2) is 47.5 Å². The van der Waals surface area contributed by atoms with Gasteiger partial charge in [0.25, 0.3) is 0 Å². The largest absolute Gasteiger partial charge is 0.504 e. The zero-order valence-corrected chi connectivity index (χ0v) is 16.2. The number of phenols is 1. The van der Waals surface area contributed by atoms with Crippen LogP contribution in [0, 0.1) is 0 Å². The van der Waals surface area contributed by atoms with Gasteiger partial charge in [0.2, 0.25) is 5.95 Å². The summed E-state index contributed by atoms with van der Waals surface area (Å²) in [7, 11) is 1.51. The minimum atomic E-state index is -0.326. The molecule has 0 fully saturated rings. The van der Waals surface area contributed by atoms with Crippen LogP contribution in [0.25, 0.3) is 22.2 Å². The van der Waals surface area contributed by atoms with Gasteiger partial charge in [-0.2, -0.15) is 5.10 Å². The highest BCUT2D eigenvalue weighted by Gasteiger charge is 2.18. The molecule has 1 aliphatic rings. The molecule has 3 aromatic rings. The molecule has 0 radical (unpaired) electrons. The Morgan fingerprint density at radius 2 is 2.17 bits per heavy atom. The van der Waals surface area contributed by atoms with Crippen LogP contribution in [0.5, 0.6) is 11.5 Å². The number of hydrogen-bond donors (Lipinski definition) is 4. The number of anilines is 2. The summed E-state index contributed by atoms with van der Waals surface area (Å²) in [6.45, 7) is 3.12. The third kappa shape index (κ3) is 3.66. The van der Waals surface area contributed by atoms with Crippen LogP contribution in [0.15, 0.2) is 35.4 Å². The number of H-pyrrole nitrogens is 1. The van der Waals surface area contributed by atoms with E-state index in [1.807, 2.05) is 36.3 Å². The van der Waals surface area contributed by atoms with Crippen molar-refractivity contribution >= 4 is 34.9 Å². The number of ether oxygens (including phenoxy) is 1. The molecule has 9 heteroatoms. The quantitative estimate of drug-likeness (QED) is 0.530. The molecule has 2 heterocycles. The number of amides is 2. The molecule has 0 unspecified atom stereocenters. The molecule has 1 aliphatic heterocycles. The molecule has 0 saturated heterocycles. The van der Waals surface area contributed by atoms with Gasteiger partial charge < -0.3 is 20.1 Å². The lowest BCUT2D eigenvalue weighted by Gasteiger charge is -2.16. The fourth-order valence-corrected chi connectivity index (χ4v) is 3.28. The molecule has 0 bridgehead atoms. The number of carbonyl (C=O) groups excluding carboxylic acids is 1. The van der Waals surface area contributed by atoms with E-state index in [2.05, 4.69) is 25.7 Å². The number of benzene rings is 2. The standard InChI is InChI=1S/C20H22N6O3/c1-3-21-20(28)25-19-23-14-9-13(12-5-6-17(29-2)16(27)11-12)10-15(18(14)24-19)26-8-4-7-22-26/h5-7,9-11,27H,3-4,8H2,1-2H3,(H3,21,23,24,25,28). The molecule has 4 N–H and O–H groups in total. The van der Waals surface area contributed by atoms with E-state index in [1.54, 1.807) is 12.1 Å². The molecular weight excluding hydrogens is 372 g/mol. The number of hydrogen-bond acceptors (Lipinski definition) is 6. The van der Waals surface area contributed by atoms with Gasteiger partial charge in [0, 0.05) is 25.7 Å². The SMILES string of the molecule is CCNC(=O)Nc1nc2cc(-c3ccc(OC)c(O)c3)cc(N3CCC=N3)c2[nH]1. The minimum Gasteiger partial charge on any atom is -0.504 e. The number of phenolic OH excluding ortho intramolecular Hbond substituents is 1. The van der Waals surface area contributed by atoms with Crippen molar-refractivity contribution in [1.82, 2.24) is 15.3 Å². The second kappa shape index (κ2) is 7.70. The van der Waals surface area contributed by atoms with Gasteiger partial charge >= 0.3 is 6.03 Å². The van der Waals surface area contributed by atoms with E-state index in [1.165, 1.54) is 7.11 Å². The summed E-state index contributed by atoms with van der Waals surface area (Å²) < 4.78 is 5.13. The van der Waals surface area contributed by atoms with Crippen LogP contribution in [0.2, 0.25) is 0 Å². The van der Waals surface area contributed by atoms with Crippen LogP contribution in [0.3, 0.4) is 0 Å². The number of methoxy groups -OCH3 is 1. The van der Waals surface area contributed by atoms with Gasteiger partial charge in [0.05, 0.1) is 23.8 Å². The number of rotatable bonds is 5. The highest BCUT2D eigenvalue weighted by atomic mass is 16.5. The monoisotopic (exact) mass is 394 g/mol. The number of aromatic amines is 1. The predicted molar refractivity (Wildman–Crippen MR) is 113 cm³/mol. The molecule has 2 amide bonds. The maximum Gasteiger partial charge on any atom is 0.321 e. The Balaban J connectivity index is 1.80. The number of carbonyl (C=O) groups is 1. The number of urea groups is 1. The summed E-state index contributed by atoms with van der Waals surface area (Å²) in [4.78, 5) is 19.5. The van der Waals surface area contributed by atoms with E-state index >= 15 is 0 Å². The molecule has 0 saturated carbocycles. The first kappa shape index (κ1) is 18.6. The number of hydrazone groups is 1. The Kier molecular flexibility index (Phi) is 4.94. The predicted octanol–water partition coefficient (Wildman–Crippen LogP) is 3.28. The number of fused-ring (bicyclic) bond motifs is 1. The molecule has 9 nitrogen and oxygen atoms in total. The molecule has 29 heavy (non-hydrogen) atoms.